The number of carbonyl (C=O) groups excluding carboxylic acids is 4. The Labute approximate surface area is 172 Å². The van der Waals surface area contributed by atoms with Crippen molar-refractivity contribution >= 4 is 35.4 Å². The molecule has 29 heavy (non-hydrogen) atoms. The molecule has 0 aliphatic heterocycles. The Morgan fingerprint density at radius 1 is 1.00 bits per heavy atom. The number of amides is 4. The minimum Gasteiger partial charge on any atom is -0.467 e. The van der Waals surface area contributed by atoms with Crippen LogP contribution in [0.4, 0.5) is 0 Å². The first-order chi connectivity index (χ1) is 14.0. The lowest BCUT2D eigenvalue weighted by atomic mass is 10.1. The normalized spacial score (nSPS) is 11.2. The molecule has 0 spiro atoms. The lowest BCUT2D eigenvalue weighted by Gasteiger charge is -2.18. The van der Waals surface area contributed by atoms with Crippen LogP contribution in [-0.4, -0.2) is 41.7 Å². The average Bonchev–Trinajstić information content (AvgIpc) is 3.27. The van der Waals surface area contributed by atoms with Crippen LogP contribution in [0, 0.1) is 0 Å². The van der Waals surface area contributed by atoms with E-state index in [9.17, 15) is 19.2 Å². The summed E-state index contributed by atoms with van der Waals surface area (Å²) in [5.41, 5.74) is 4.63. The van der Waals surface area contributed by atoms with Crippen molar-refractivity contribution in [3.05, 3.63) is 60.1 Å². The topological polar surface area (TPSA) is 130 Å². The molecule has 0 fully saturated rings. The standard InChI is InChI=1S/C19H22N4O5S/c1-29-11-9-15(21-16(24)13-6-3-2-4-7-13)17(25)22-23-19(27)18(26)20-12-14-8-5-10-28-14/h2-8,10,15H,9,11-12H2,1H3,(H,20,26)(H,21,24)(H,22,25)(H,23,27)/t15-/m1/s1. The molecule has 4 N–H and O–H groups in total. The van der Waals surface area contributed by atoms with Crippen molar-refractivity contribution in [1.82, 2.24) is 21.5 Å². The van der Waals surface area contributed by atoms with Crippen molar-refractivity contribution in [2.45, 2.75) is 19.0 Å². The third-order valence-corrected chi connectivity index (χ3v) is 4.42. The predicted octanol–water partition coefficient (Wildman–Crippen LogP) is 0.595. The second-order valence-corrected chi connectivity index (χ2v) is 6.86. The van der Waals surface area contributed by atoms with Gasteiger partial charge in [0.1, 0.15) is 11.8 Å². The molecule has 0 radical (unpaired) electrons. The second kappa shape index (κ2) is 11.5. The summed E-state index contributed by atoms with van der Waals surface area (Å²) in [4.78, 5) is 48.3. The Hall–Kier alpha value is -3.27. The third kappa shape index (κ3) is 7.34. The highest BCUT2D eigenvalue weighted by molar-refractivity contribution is 7.98. The molecule has 0 saturated heterocycles. The molecule has 1 heterocycles. The fourth-order valence-corrected chi connectivity index (χ4v) is 2.73. The van der Waals surface area contributed by atoms with Crippen molar-refractivity contribution in [2.24, 2.45) is 0 Å². The Bertz CT molecular complexity index is 826. The summed E-state index contributed by atoms with van der Waals surface area (Å²) in [5, 5.41) is 4.99. The van der Waals surface area contributed by atoms with Crippen LogP contribution in [0.2, 0.25) is 0 Å². The van der Waals surface area contributed by atoms with E-state index in [4.69, 9.17) is 4.42 Å². The summed E-state index contributed by atoms with van der Waals surface area (Å²) >= 11 is 1.51. The van der Waals surface area contributed by atoms with Crippen LogP contribution in [0.15, 0.2) is 53.1 Å². The molecular weight excluding hydrogens is 396 g/mol. The lowest BCUT2D eigenvalue weighted by molar-refractivity contribution is -0.141. The van der Waals surface area contributed by atoms with E-state index in [1.165, 1.54) is 18.0 Å². The van der Waals surface area contributed by atoms with Gasteiger partial charge in [-0.2, -0.15) is 11.8 Å². The largest absolute Gasteiger partial charge is 0.467 e. The highest BCUT2D eigenvalue weighted by atomic mass is 32.2. The first kappa shape index (κ1) is 22.0. The summed E-state index contributed by atoms with van der Waals surface area (Å²) in [6.45, 7) is 0.0384. The summed E-state index contributed by atoms with van der Waals surface area (Å²) < 4.78 is 5.05. The van der Waals surface area contributed by atoms with Gasteiger partial charge in [0, 0.05) is 5.56 Å². The van der Waals surface area contributed by atoms with Gasteiger partial charge in [-0.1, -0.05) is 18.2 Å². The van der Waals surface area contributed by atoms with Crippen LogP contribution in [0.3, 0.4) is 0 Å². The quantitative estimate of drug-likeness (QED) is 0.367. The van der Waals surface area contributed by atoms with Gasteiger partial charge >= 0.3 is 11.8 Å². The van der Waals surface area contributed by atoms with Crippen LogP contribution >= 0.6 is 11.8 Å². The van der Waals surface area contributed by atoms with Crippen LogP contribution in [0.1, 0.15) is 22.5 Å². The average molecular weight is 418 g/mol. The molecule has 1 atom stereocenters. The van der Waals surface area contributed by atoms with Crippen LogP contribution in [0.25, 0.3) is 0 Å². The number of furan rings is 1. The number of hydrogen-bond donors (Lipinski definition) is 4. The van der Waals surface area contributed by atoms with E-state index in [1.54, 1.807) is 42.5 Å². The van der Waals surface area contributed by atoms with Gasteiger partial charge < -0.3 is 15.1 Å². The first-order valence-electron chi connectivity index (χ1n) is 8.76. The van der Waals surface area contributed by atoms with Crippen molar-refractivity contribution in [1.29, 1.82) is 0 Å². The molecule has 0 aliphatic carbocycles. The van der Waals surface area contributed by atoms with Crippen molar-refractivity contribution in [3.63, 3.8) is 0 Å². The minimum absolute atomic E-state index is 0.0384. The van der Waals surface area contributed by atoms with E-state index in [1.807, 2.05) is 11.7 Å². The van der Waals surface area contributed by atoms with Gasteiger partial charge in [0.05, 0.1) is 12.8 Å². The number of hydrazine groups is 1. The zero-order valence-electron chi connectivity index (χ0n) is 15.8. The molecule has 1 aromatic carbocycles. The fourth-order valence-electron chi connectivity index (χ4n) is 2.26. The summed E-state index contributed by atoms with van der Waals surface area (Å²) in [5.74, 6) is -1.91. The van der Waals surface area contributed by atoms with E-state index < -0.39 is 29.7 Å². The zero-order valence-corrected chi connectivity index (χ0v) is 16.6. The molecule has 9 nitrogen and oxygen atoms in total. The minimum atomic E-state index is -1.04. The smallest absolute Gasteiger partial charge is 0.327 e. The third-order valence-electron chi connectivity index (χ3n) is 3.78. The van der Waals surface area contributed by atoms with Crippen molar-refractivity contribution < 1.29 is 23.6 Å². The van der Waals surface area contributed by atoms with Crippen LogP contribution in [0.5, 0.6) is 0 Å². The first-order valence-corrected chi connectivity index (χ1v) is 10.2. The van der Waals surface area contributed by atoms with Crippen LogP contribution in [-0.2, 0) is 20.9 Å². The molecule has 10 heteroatoms. The maximum atomic E-state index is 12.4. The SMILES string of the molecule is CSCC[C@@H](NC(=O)c1ccccc1)C(=O)NNC(=O)C(=O)NCc1ccco1. The predicted molar refractivity (Wildman–Crippen MR) is 108 cm³/mol. The van der Waals surface area contributed by atoms with E-state index in [2.05, 4.69) is 16.1 Å². The summed E-state index contributed by atoms with van der Waals surface area (Å²) in [6, 6.07) is 10.9. The number of nitrogens with one attached hydrogen (secondary N) is 4. The van der Waals surface area contributed by atoms with Gasteiger partial charge in [0.15, 0.2) is 0 Å². The maximum absolute atomic E-state index is 12.4. The van der Waals surface area contributed by atoms with Crippen LogP contribution < -0.4 is 21.5 Å². The Morgan fingerprint density at radius 3 is 2.41 bits per heavy atom. The number of rotatable bonds is 8. The van der Waals surface area contributed by atoms with Gasteiger partial charge in [0.25, 0.3) is 11.8 Å². The Balaban J connectivity index is 1.85. The second-order valence-electron chi connectivity index (χ2n) is 5.88. The molecule has 0 unspecified atom stereocenters. The Kier molecular flexibility index (Phi) is 8.77. The molecule has 0 aliphatic rings. The number of hydrogen-bond acceptors (Lipinski definition) is 6. The number of benzene rings is 1. The van der Waals surface area contributed by atoms with Gasteiger partial charge in [-0.15, -0.1) is 0 Å². The number of carbonyl (C=O) groups is 4. The highest BCUT2D eigenvalue weighted by Gasteiger charge is 2.22. The highest BCUT2D eigenvalue weighted by Crippen LogP contribution is 2.04. The van der Waals surface area contributed by atoms with Gasteiger partial charge in [-0.3, -0.25) is 30.0 Å². The Morgan fingerprint density at radius 2 is 1.76 bits per heavy atom. The molecule has 0 bridgehead atoms. The molecule has 2 rings (SSSR count). The molecule has 2 aromatic rings. The monoisotopic (exact) mass is 418 g/mol. The molecule has 0 saturated carbocycles. The summed E-state index contributed by atoms with van der Waals surface area (Å²) in [7, 11) is 0. The fraction of sp³-hybridized carbons (Fsp3) is 0.263. The summed E-state index contributed by atoms with van der Waals surface area (Å²) in [6.07, 6.45) is 3.67. The van der Waals surface area contributed by atoms with E-state index in [0.29, 0.717) is 23.5 Å². The van der Waals surface area contributed by atoms with Gasteiger partial charge in [0.2, 0.25) is 0 Å². The van der Waals surface area contributed by atoms with Gasteiger partial charge in [-0.05, 0) is 42.7 Å². The number of thioether (sulfide) groups is 1. The molecule has 1 aromatic heterocycles. The van der Waals surface area contributed by atoms with E-state index in [-0.39, 0.29) is 6.54 Å². The van der Waals surface area contributed by atoms with Gasteiger partial charge in [-0.25, -0.2) is 0 Å². The van der Waals surface area contributed by atoms with E-state index >= 15 is 0 Å². The van der Waals surface area contributed by atoms with Crippen molar-refractivity contribution in [2.75, 3.05) is 12.0 Å². The maximum Gasteiger partial charge on any atom is 0.327 e. The molecule has 4 amide bonds. The lowest BCUT2D eigenvalue weighted by Crippen LogP contribution is -2.54. The molecule has 154 valence electrons. The van der Waals surface area contributed by atoms with E-state index in [0.717, 1.165) is 0 Å². The van der Waals surface area contributed by atoms with Crippen molar-refractivity contribution in [3.8, 4) is 0 Å². The zero-order chi connectivity index (χ0) is 21.1. The molecular formula is C19H22N4O5S.